The third kappa shape index (κ3) is 6.80. The zero-order chi connectivity index (χ0) is 23.6. The Balaban J connectivity index is 1.51. The molecule has 0 saturated carbocycles. The number of rotatable bonds is 11. The summed E-state index contributed by atoms with van der Waals surface area (Å²) in [5.74, 6) is 1.77. The third-order valence-corrected chi connectivity index (χ3v) is 4.87. The second-order valence-electron chi connectivity index (χ2n) is 7.16. The van der Waals surface area contributed by atoms with Crippen LogP contribution in [0.5, 0.6) is 11.5 Å². The van der Waals surface area contributed by atoms with Gasteiger partial charge in [0, 0.05) is 36.7 Å². The maximum Gasteiger partial charge on any atom is 0.243 e. The van der Waals surface area contributed by atoms with Gasteiger partial charge in [0.1, 0.15) is 11.5 Å². The number of hydrogen-bond donors (Lipinski definition) is 1. The predicted molar refractivity (Wildman–Crippen MR) is 123 cm³/mol. The normalized spacial score (nSPS) is 10.5. The molecular weight excluding hydrogens is 424 g/mol. The van der Waals surface area contributed by atoms with E-state index in [0.29, 0.717) is 36.3 Å². The first-order valence-corrected chi connectivity index (χ1v) is 10.8. The summed E-state index contributed by atoms with van der Waals surface area (Å²) in [6.45, 7) is 4.71. The monoisotopic (exact) mass is 452 g/mol. The summed E-state index contributed by atoms with van der Waals surface area (Å²) in [7, 11) is 1.56. The zero-order valence-electron chi connectivity index (χ0n) is 19.0. The van der Waals surface area contributed by atoms with Gasteiger partial charge in [-0.05, 0) is 50.2 Å². The molecule has 9 nitrogen and oxygen atoms in total. The Morgan fingerprint density at radius 2 is 1.88 bits per heavy atom. The van der Waals surface area contributed by atoms with Crippen LogP contribution in [0, 0.1) is 0 Å². The molecule has 9 heteroatoms. The highest BCUT2D eigenvalue weighted by molar-refractivity contribution is 5.94. The largest absolute Gasteiger partial charge is 0.497 e. The Labute approximate surface area is 192 Å². The van der Waals surface area contributed by atoms with E-state index >= 15 is 0 Å². The molecule has 0 spiro atoms. The van der Waals surface area contributed by atoms with E-state index in [4.69, 9.17) is 14.0 Å². The van der Waals surface area contributed by atoms with Crippen LogP contribution < -0.4 is 14.8 Å². The van der Waals surface area contributed by atoms with Gasteiger partial charge in [0.25, 0.3) is 0 Å². The molecule has 2 aromatic carbocycles. The zero-order valence-corrected chi connectivity index (χ0v) is 19.0. The first-order valence-electron chi connectivity index (χ1n) is 10.8. The highest BCUT2D eigenvalue weighted by Gasteiger charge is 2.18. The topological polar surface area (TPSA) is 107 Å². The van der Waals surface area contributed by atoms with Gasteiger partial charge in [-0.25, -0.2) is 0 Å². The van der Waals surface area contributed by atoms with Gasteiger partial charge in [0.2, 0.25) is 23.5 Å². The number of likely N-dealkylation sites (N-methyl/N-ethyl adjacent to an activating group) is 1. The molecule has 0 bridgehead atoms. The number of hydrogen-bond acceptors (Lipinski definition) is 7. The molecular formula is C24H28N4O5. The molecule has 0 aliphatic heterocycles. The lowest BCUT2D eigenvalue weighted by molar-refractivity contribution is -0.134. The van der Waals surface area contributed by atoms with Gasteiger partial charge in [-0.2, -0.15) is 4.98 Å². The fourth-order valence-electron chi connectivity index (χ4n) is 3.16. The van der Waals surface area contributed by atoms with Gasteiger partial charge in [-0.15, -0.1) is 0 Å². The molecule has 1 aromatic heterocycles. The van der Waals surface area contributed by atoms with E-state index in [2.05, 4.69) is 15.5 Å². The maximum atomic E-state index is 12.6. The van der Waals surface area contributed by atoms with Crippen LogP contribution in [-0.2, 0) is 16.0 Å². The van der Waals surface area contributed by atoms with Crippen LogP contribution in [0.4, 0.5) is 5.69 Å². The van der Waals surface area contributed by atoms with Crippen molar-refractivity contribution in [2.24, 2.45) is 0 Å². The van der Waals surface area contributed by atoms with Crippen molar-refractivity contribution < 1.29 is 23.6 Å². The number of ether oxygens (including phenoxy) is 2. The Morgan fingerprint density at radius 3 is 2.58 bits per heavy atom. The second kappa shape index (κ2) is 11.7. The number of methoxy groups -OCH3 is 1. The number of carbonyl (C=O) groups excluding carboxylic acids is 2. The van der Waals surface area contributed by atoms with Crippen LogP contribution in [-0.4, -0.2) is 53.7 Å². The molecule has 0 unspecified atom stereocenters. The van der Waals surface area contributed by atoms with Crippen molar-refractivity contribution in [3.8, 4) is 22.9 Å². The number of amides is 2. The molecule has 0 fully saturated rings. The van der Waals surface area contributed by atoms with E-state index in [0.717, 1.165) is 11.3 Å². The van der Waals surface area contributed by atoms with Crippen molar-refractivity contribution in [1.29, 1.82) is 0 Å². The van der Waals surface area contributed by atoms with Crippen LogP contribution in [0.15, 0.2) is 53.1 Å². The molecule has 1 N–H and O–H groups in total. The van der Waals surface area contributed by atoms with Gasteiger partial charge >= 0.3 is 0 Å². The number of nitrogens with one attached hydrogen (secondary N) is 1. The lowest BCUT2D eigenvalue weighted by Gasteiger charge is -2.20. The highest BCUT2D eigenvalue weighted by atomic mass is 16.5. The van der Waals surface area contributed by atoms with Gasteiger partial charge in [0.15, 0.2) is 0 Å². The molecule has 0 atom stereocenters. The summed E-state index contributed by atoms with van der Waals surface area (Å²) in [4.78, 5) is 30.9. The molecule has 33 heavy (non-hydrogen) atoms. The van der Waals surface area contributed by atoms with E-state index in [1.165, 1.54) is 4.90 Å². The van der Waals surface area contributed by atoms with E-state index < -0.39 is 0 Å². The van der Waals surface area contributed by atoms with E-state index in [1.54, 1.807) is 31.4 Å². The molecule has 0 saturated heterocycles. The van der Waals surface area contributed by atoms with Crippen molar-refractivity contribution >= 4 is 17.5 Å². The smallest absolute Gasteiger partial charge is 0.243 e. The number of anilines is 1. The van der Waals surface area contributed by atoms with Crippen molar-refractivity contribution in [3.63, 3.8) is 0 Å². The lowest BCUT2D eigenvalue weighted by Crippen LogP contribution is -2.38. The summed E-state index contributed by atoms with van der Waals surface area (Å²) in [6.07, 6.45) is 0.446. The average molecular weight is 453 g/mol. The van der Waals surface area contributed by atoms with Crippen molar-refractivity contribution in [2.75, 3.05) is 32.1 Å². The number of aryl methyl sites for hydroxylation is 1. The summed E-state index contributed by atoms with van der Waals surface area (Å²) < 4.78 is 15.9. The van der Waals surface area contributed by atoms with Crippen molar-refractivity contribution in [1.82, 2.24) is 15.0 Å². The summed E-state index contributed by atoms with van der Waals surface area (Å²) in [5, 5.41) is 6.77. The molecule has 0 aliphatic rings. The third-order valence-electron chi connectivity index (χ3n) is 4.87. The van der Waals surface area contributed by atoms with E-state index in [9.17, 15) is 9.59 Å². The van der Waals surface area contributed by atoms with E-state index in [-0.39, 0.29) is 31.2 Å². The molecule has 0 aliphatic carbocycles. The number of benzene rings is 2. The predicted octanol–water partition coefficient (Wildman–Crippen LogP) is 3.56. The van der Waals surface area contributed by atoms with Crippen LogP contribution in [0.3, 0.4) is 0 Å². The Hall–Kier alpha value is -3.88. The summed E-state index contributed by atoms with van der Waals surface area (Å²) >= 11 is 0. The van der Waals surface area contributed by atoms with Gasteiger partial charge in [-0.1, -0.05) is 11.2 Å². The second-order valence-corrected chi connectivity index (χ2v) is 7.16. The quantitative estimate of drug-likeness (QED) is 0.474. The Morgan fingerprint density at radius 1 is 1.09 bits per heavy atom. The van der Waals surface area contributed by atoms with Crippen LogP contribution in [0.25, 0.3) is 11.4 Å². The minimum atomic E-state index is -0.283. The number of carbonyl (C=O) groups is 2. The molecule has 3 aromatic rings. The number of nitrogens with zero attached hydrogens (tertiary/aromatic N) is 3. The van der Waals surface area contributed by atoms with Crippen LogP contribution in [0.2, 0.25) is 0 Å². The first kappa shape index (κ1) is 23.8. The van der Waals surface area contributed by atoms with Crippen molar-refractivity contribution in [3.05, 3.63) is 54.4 Å². The SMILES string of the molecule is CCOc1ccc(-c2noc(CCC(=O)N(CC)CC(=O)Nc3cccc(OC)c3)n2)cc1. The fourth-order valence-corrected chi connectivity index (χ4v) is 3.16. The standard InChI is InChI=1S/C24H28N4O5/c1-4-28(16-21(29)25-18-7-6-8-20(15-18)31-3)23(30)14-13-22-26-24(27-33-22)17-9-11-19(12-10-17)32-5-2/h6-12,15H,4-5,13-14,16H2,1-3H3,(H,25,29). The minimum Gasteiger partial charge on any atom is -0.497 e. The van der Waals surface area contributed by atoms with E-state index in [1.807, 2.05) is 38.1 Å². The fraction of sp³-hybridized carbons (Fsp3) is 0.333. The Kier molecular flexibility index (Phi) is 8.40. The van der Waals surface area contributed by atoms with Gasteiger partial charge < -0.3 is 24.2 Å². The highest BCUT2D eigenvalue weighted by Crippen LogP contribution is 2.20. The van der Waals surface area contributed by atoms with Crippen LogP contribution >= 0.6 is 0 Å². The lowest BCUT2D eigenvalue weighted by atomic mass is 10.2. The minimum absolute atomic E-state index is 0.0478. The first-order chi connectivity index (χ1) is 16.0. The summed E-state index contributed by atoms with van der Waals surface area (Å²) in [5.41, 5.74) is 1.40. The molecule has 1 heterocycles. The van der Waals surface area contributed by atoms with Gasteiger partial charge in [0.05, 0.1) is 20.3 Å². The van der Waals surface area contributed by atoms with Gasteiger partial charge in [-0.3, -0.25) is 9.59 Å². The van der Waals surface area contributed by atoms with Crippen LogP contribution in [0.1, 0.15) is 26.2 Å². The number of aromatic nitrogens is 2. The molecule has 0 radical (unpaired) electrons. The molecule has 2 amide bonds. The van der Waals surface area contributed by atoms with Crippen molar-refractivity contribution in [2.45, 2.75) is 26.7 Å². The maximum absolute atomic E-state index is 12.6. The summed E-state index contributed by atoms with van der Waals surface area (Å²) in [6, 6.07) is 14.4. The molecule has 174 valence electrons. The average Bonchev–Trinajstić information content (AvgIpc) is 3.31. The Bertz CT molecular complexity index is 1060. The molecule has 3 rings (SSSR count).